The number of aromatic nitrogens is 1. The number of nitrogens with zero attached hydrogens (tertiary/aromatic N) is 1. The van der Waals surface area contributed by atoms with Crippen LogP contribution in [0, 0.1) is 5.21 Å². The van der Waals surface area contributed by atoms with Crippen molar-refractivity contribution < 1.29 is 4.73 Å². The summed E-state index contributed by atoms with van der Waals surface area (Å²) in [6.07, 6.45) is 3.04. The van der Waals surface area contributed by atoms with Crippen LogP contribution < -0.4 is 4.73 Å². The van der Waals surface area contributed by atoms with Gasteiger partial charge in [0.2, 0.25) is 11.2 Å². The molecule has 0 saturated heterocycles. The molecule has 0 spiro atoms. The second kappa shape index (κ2) is 4.58. The molecule has 3 aromatic rings. The van der Waals surface area contributed by atoms with Gasteiger partial charge in [0.05, 0.1) is 5.39 Å². The summed E-state index contributed by atoms with van der Waals surface area (Å²) >= 11 is 1.67. The summed E-state index contributed by atoms with van der Waals surface area (Å²) in [4.78, 5) is 0. The molecular formula is C15H15NOS. The van der Waals surface area contributed by atoms with E-state index in [1.807, 2.05) is 24.3 Å². The zero-order chi connectivity index (χ0) is 12.5. The Kier molecular flexibility index (Phi) is 2.92. The van der Waals surface area contributed by atoms with Crippen molar-refractivity contribution in [2.45, 2.75) is 26.2 Å². The Labute approximate surface area is 110 Å². The van der Waals surface area contributed by atoms with Crippen LogP contribution in [0.4, 0.5) is 0 Å². The molecule has 92 valence electrons. The standard InChI is InChI=1S/C15H15NOS/c1-2-3-7-14-15-12(9-10-18-15)11-6-4-5-8-13(11)16(14)17/h4-6,8-10H,2-3,7H2,1H3. The monoisotopic (exact) mass is 257 g/mol. The molecule has 2 aromatic heterocycles. The minimum atomic E-state index is 0.787. The first-order valence-electron chi connectivity index (χ1n) is 6.33. The van der Waals surface area contributed by atoms with E-state index in [-0.39, 0.29) is 0 Å². The molecule has 0 unspecified atom stereocenters. The number of unbranched alkanes of at least 4 members (excludes halogenated alkanes) is 1. The van der Waals surface area contributed by atoms with Crippen LogP contribution in [0.3, 0.4) is 0 Å². The molecule has 3 heteroatoms. The molecule has 2 nitrogen and oxygen atoms in total. The third-order valence-electron chi connectivity index (χ3n) is 3.35. The molecule has 0 N–H and O–H groups in total. The highest BCUT2D eigenvalue weighted by Crippen LogP contribution is 2.30. The quantitative estimate of drug-likeness (QED) is 0.514. The van der Waals surface area contributed by atoms with Crippen LogP contribution >= 0.6 is 11.3 Å². The zero-order valence-corrected chi connectivity index (χ0v) is 11.2. The van der Waals surface area contributed by atoms with E-state index in [9.17, 15) is 5.21 Å². The SMILES string of the molecule is CCCCc1c2sccc2c2ccccc2[n+]1[O-]. The summed E-state index contributed by atoms with van der Waals surface area (Å²) in [5.41, 5.74) is 1.72. The summed E-state index contributed by atoms with van der Waals surface area (Å²) in [6, 6.07) is 9.98. The van der Waals surface area contributed by atoms with Gasteiger partial charge in [-0.3, -0.25) is 0 Å². The van der Waals surface area contributed by atoms with E-state index in [1.54, 1.807) is 11.3 Å². The average molecular weight is 257 g/mol. The van der Waals surface area contributed by atoms with Gasteiger partial charge in [-0.15, -0.1) is 11.3 Å². The van der Waals surface area contributed by atoms with Gasteiger partial charge in [-0.25, -0.2) is 0 Å². The maximum Gasteiger partial charge on any atom is 0.224 e. The lowest BCUT2D eigenvalue weighted by molar-refractivity contribution is -0.584. The number of hydrogen-bond acceptors (Lipinski definition) is 2. The van der Waals surface area contributed by atoms with Crippen LogP contribution in [0.2, 0.25) is 0 Å². The van der Waals surface area contributed by atoms with E-state index < -0.39 is 0 Å². The van der Waals surface area contributed by atoms with Gasteiger partial charge in [-0.05, 0) is 23.9 Å². The first-order chi connectivity index (χ1) is 8.83. The maximum absolute atomic E-state index is 12.5. The number of para-hydroxylation sites is 1. The van der Waals surface area contributed by atoms with Gasteiger partial charge < -0.3 is 5.21 Å². The van der Waals surface area contributed by atoms with Gasteiger partial charge in [-0.2, -0.15) is 4.73 Å². The summed E-state index contributed by atoms with van der Waals surface area (Å²) in [5, 5.41) is 16.8. The fourth-order valence-electron chi connectivity index (χ4n) is 2.42. The lowest BCUT2D eigenvalue weighted by Crippen LogP contribution is -2.32. The molecule has 18 heavy (non-hydrogen) atoms. The molecule has 0 radical (unpaired) electrons. The van der Waals surface area contributed by atoms with E-state index >= 15 is 0 Å². The van der Waals surface area contributed by atoms with E-state index in [0.717, 1.165) is 45.3 Å². The largest absolute Gasteiger partial charge is 0.618 e. The number of aryl methyl sites for hydroxylation is 1. The van der Waals surface area contributed by atoms with Gasteiger partial charge in [-0.1, -0.05) is 25.5 Å². The van der Waals surface area contributed by atoms with E-state index in [2.05, 4.69) is 18.4 Å². The van der Waals surface area contributed by atoms with Crippen molar-refractivity contribution in [3.05, 3.63) is 46.6 Å². The first kappa shape index (κ1) is 11.5. The number of thiophene rings is 1. The Morgan fingerprint density at radius 2 is 2.00 bits per heavy atom. The Hall–Kier alpha value is -1.61. The molecule has 3 rings (SSSR count). The van der Waals surface area contributed by atoms with Crippen molar-refractivity contribution >= 4 is 32.3 Å². The topological polar surface area (TPSA) is 26.9 Å². The summed E-state index contributed by atoms with van der Waals surface area (Å²) in [6.45, 7) is 2.15. The highest BCUT2D eigenvalue weighted by Gasteiger charge is 2.17. The lowest BCUT2D eigenvalue weighted by Gasteiger charge is -2.09. The highest BCUT2D eigenvalue weighted by atomic mass is 32.1. The van der Waals surface area contributed by atoms with E-state index in [4.69, 9.17) is 0 Å². The summed E-state index contributed by atoms with van der Waals surface area (Å²) in [7, 11) is 0. The molecule has 1 aromatic carbocycles. The minimum absolute atomic E-state index is 0.787. The third-order valence-corrected chi connectivity index (χ3v) is 4.32. The molecule has 0 aliphatic carbocycles. The summed E-state index contributed by atoms with van der Waals surface area (Å²) in [5.74, 6) is 0. The molecule has 0 atom stereocenters. The molecule has 2 heterocycles. The Morgan fingerprint density at radius 1 is 1.17 bits per heavy atom. The van der Waals surface area contributed by atoms with Gasteiger partial charge in [0.25, 0.3) is 0 Å². The van der Waals surface area contributed by atoms with Crippen LogP contribution in [0.25, 0.3) is 21.0 Å². The van der Waals surface area contributed by atoms with Gasteiger partial charge in [0, 0.05) is 17.9 Å². The maximum atomic E-state index is 12.5. The van der Waals surface area contributed by atoms with E-state index in [0.29, 0.717) is 0 Å². The summed E-state index contributed by atoms with van der Waals surface area (Å²) < 4.78 is 2.28. The average Bonchev–Trinajstić information content (AvgIpc) is 2.88. The van der Waals surface area contributed by atoms with Crippen molar-refractivity contribution in [3.63, 3.8) is 0 Å². The third kappa shape index (κ3) is 1.66. The van der Waals surface area contributed by atoms with Crippen molar-refractivity contribution in [2.75, 3.05) is 0 Å². The van der Waals surface area contributed by atoms with Crippen LogP contribution in [-0.2, 0) is 6.42 Å². The molecule has 0 bridgehead atoms. The minimum Gasteiger partial charge on any atom is -0.618 e. The zero-order valence-electron chi connectivity index (χ0n) is 10.3. The van der Waals surface area contributed by atoms with Crippen LogP contribution in [-0.4, -0.2) is 0 Å². The molecular weight excluding hydrogens is 242 g/mol. The molecule has 0 fully saturated rings. The van der Waals surface area contributed by atoms with Gasteiger partial charge in [0.15, 0.2) is 0 Å². The number of hydrogen-bond donors (Lipinski definition) is 0. The van der Waals surface area contributed by atoms with Gasteiger partial charge in [0.1, 0.15) is 4.70 Å². The fraction of sp³-hybridized carbons (Fsp3) is 0.267. The smallest absolute Gasteiger partial charge is 0.224 e. The Bertz CT molecular complexity index is 702. The first-order valence-corrected chi connectivity index (χ1v) is 7.21. The van der Waals surface area contributed by atoms with Crippen LogP contribution in [0.5, 0.6) is 0 Å². The molecule has 0 saturated carbocycles. The predicted octanol–water partition coefficient (Wildman–Crippen LogP) is 4.03. The second-order valence-electron chi connectivity index (χ2n) is 4.53. The Balaban J connectivity index is 2.37. The predicted molar refractivity (Wildman–Crippen MR) is 76.9 cm³/mol. The number of fused-ring (bicyclic) bond motifs is 3. The highest BCUT2D eigenvalue weighted by molar-refractivity contribution is 7.17. The van der Waals surface area contributed by atoms with Crippen molar-refractivity contribution in [3.8, 4) is 0 Å². The molecule has 0 aliphatic heterocycles. The lowest BCUT2D eigenvalue weighted by atomic mass is 10.1. The number of pyridine rings is 1. The number of benzene rings is 1. The van der Waals surface area contributed by atoms with Crippen molar-refractivity contribution in [2.24, 2.45) is 0 Å². The van der Waals surface area contributed by atoms with E-state index in [1.165, 1.54) is 5.39 Å². The van der Waals surface area contributed by atoms with Crippen LogP contribution in [0.15, 0.2) is 35.7 Å². The number of rotatable bonds is 3. The van der Waals surface area contributed by atoms with Crippen molar-refractivity contribution in [1.29, 1.82) is 0 Å². The molecule has 0 amide bonds. The van der Waals surface area contributed by atoms with Crippen LogP contribution in [0.1, 0.15) is 25.5 Å². The van der Waals surface area contributed by atoms with Gasteiger partial charge >= 0.3 is 0 Å². The van der Waals surface area contributed by atoms with Crippen molar-refractivity contribution in [1.82, 2.24) is 0 Å². The molecule has 0 aliphatic rings. The normalized spacial score (nSPS) is 11.4. The fourth-order valence-corrected chi connectivity index (χ4v) is 3.39. The second-order valence-corrected chi connectivity index (χ2v) is 5.44. The Morgan fingerprint density at radius 3 is 2.83 bits per heavy atom.